The fourth-order valence-corrected chi connectivity index (χ4v) is 3.65. The first-order valence-corrected chi connectivity index (χ1v) is 8.28. The van der Waals surface area contributed by atoms with E-state index in [1.54, 1.807) is 0 Å². The van der Waals surface area contributed by atoms with E-state index in [4.69, 9.17) is 16.0 Å². The minimum Gasteiger partial charge on any atom is -0.420 e. The second-order valence-electron chi connectivity index (χ2n) is 4.10. The van der Waals surface area contributed by atoms with E-state index in [0.29, 0.717) is 0 Å². The van der Waals surface area contributed by atoms with E-state index < -0.39 is 8.32 Å². The summed E-state index contributed by atoms with van der Waals surface area (Å²) in [4.78, 5) is 0. The van der Waals surface area contributed by atoms with Crippen LogP contribution in [0, 0.1) is 5.92 Å². The lowest BCUT2D eigenvalue weighted by Crippen LogP contribution is -2.30. The largest absolute Gasteiger partial charge is 0.420 e. The smallest absolute Gasteiger partial charge is 0.186 e. The molecule has 0 N–H and O–H groups in total. The average molecular weight is 209 g/mol. The monoisotopic (exact) mass is 208 g/mol. The van der Waals surface area contributed by atoms with Crippen LogP contribution in [0.15, 0.2) is 0 Å². The second kappa shape index (κ2) is 6.00. The van der Waals surface area contributed by atoms with Crippen molar-refractivity contribution in [3.05, 3.63) is 0 Å². The van der Waals surface area contributed by atoms with Crippen molar-refractivity contribution < 1.29 is 4.43 Å². The van der Waals surface area contributed by atoms with E-state index in [1.807, 2.05) is 7.11 Å². The Morgan fingerprint density at radius 1 is 1.42 bits per heavy atom. The molecule has 12 heavy (non-hydrogen) atoms. The van der Waals surface area contributed by atoms with E-state index in [2.05, 4.69) is 20.0 Å². The summed E-state index contributed by atoms with van der Waals surface area (Å²) in [6, 6.07) is 1.25. The van der Waals surface area contributed by atoms with Gasteiger partial charge in [-0.05, 0) is 37.9 Å². The Morgan fingerprint density at radius 2 is 2.00 bits per heavy atom. The topological polar surface area (TPSA) is 9.23 Å². The molecule has 0 fully saturated rings. The summed E-state index contributed by atoms with van der Waals surface area (Å²) in [6.07, 6.45) is 2.38. The van der Waals surface area contributed by atoms with Gasteiger partial charge in [0, 0.05) is 13.0 Å². The van der Waals surface area contributed by atoms with Crippen LogP contribution in [0.1, 0.15) is 19.8 Å². The molecule has 0 aromatic carbocycles. The van der Waals surface area contributed by atoms with Crippen molar-refractivity contribution >= 4 is 19.9 Å². The molecule has 0 heterocycles. The molecule has 0 radical (unpaired) electrons. The molecule has 74 valence electrons. The lowest BCUT2D eigenvalue weighted by Gasteiger charge is -2.23. The van der Waals surface area contributed by atoms with Crippen LogP contribution in [0.5, 0.6) is 0 Å². The maximum absolute atomic E-state index is 5.63. The molecule has 1 unspecified atom stereocenters. The summed E-state index contributed by atoms with van der Waals surface area (Å²) < 4.78 is 5.49. The maximum atomic E-state index is 5.63. The van der Waals surface area contributed by atoms with Gasteiger partial charge >= 0.3 is 0 Å². The van der Waals surface area contributed by atoms with Crippen molar-refractivity contribution in [2.24, 2.45) is 5.92 Å². The van der Waals surface area contributed by atoms with Gasteiger partial charge in [-0.3, -0.25) is 0 Å². The van der Waals surface area contributed by atoms with Gasteiger partial charge in [-0.15, -0.1) is 11.6 Å². The molecule has 0 aliphatic carbocycles. The number of hydrogen-bond donors (Lipinski definition) is 0. The number of rotatable bonds is 6. The van der Waals surface area contributed by atoms with E-state index >= 15 is 0 Å². The van der Waals surface area contributed by atoms with Crippen LogP contribution >= 0.6 is 11.6 Å². The van der Waals surface area contributed by atoms with Gasteiger partial charge in [0.05, 0.1) is 0 Å². The molecule has 1 atom stereocenters. The van der Waals surface area contributed by atoms with Crippen LogP contribution in [0.2, 0.25) is 19.1 Å². The van der Waals surface area contributed by atoms with Gasteiger partial charge in [-0.25, -0.2) is 0 Å². The van der Waals surface area contributed by atoms with Crippen LogP contribution < -0.4 is 0 Å². The standard InChI is InChI=1S/C9H21ClOSi/c1-9(6-5-7-10)8-12(3,4)11-2/h9H,5-8H2,1-4H3. The molecule has 0 aliphatic rings. The number of hydrogen-bond acceptors (Lipinski definition) is 1. The van der Waals surface area contributed by atoms with Crippen LogP contribution in [0.3, 0.4) is 0 Å². The Hall–Kier alpha value is 0.467. The average Bonchev–Trinajstić information content (AvgIpc) is 2.00. The third-order valence-electron chi connectivity index (χ3n) is 2.22. The molecule has 0 amide bonds. The molecule has 0 rings (SSSR count). The van der Waals surface area contributed by atoms with Crippen molar-refractivity contribution in [2.45, 2.75) is 38.9 Å². The normalized spacial score (nSPS) is 14.8. The first kappa shape index (κ1) is 12.5. The minimum atomic E-state index is -1.33. The highest BCUT2D eigenvalue weighted by Gasteiger charge is 2.23. The quantitative estimate of drug-likeness (QED) is 0.480. The maximum Gasteiger partial charge on any atom is 0.186 e. The highest BCUT2D eigenvalue weighted by molar-refractivity contribution is 6.71. The zero-order valence-electron chi connectivity index (χ0n) is 8.69. The van der Waals surface area contributed by atoms with Crippen LogP contribution in [0.25, 0.3) is 0 Å². The van der Waals surface area contributed by atoms with Gasteiger partial charge < -0.3 is 4.43 Å². The molecule has 0 spiro atoms. The summed E-state index contributed by atoms with van der Waals surface area (Å²) in [5.41, 5.74) is 0. The highest BCUT2D eigenvalue weighted by Crippen LogP contribution is 2.21. The predicted molar refractivity (Wildman–Crippen MR) is 58.4 cm³/mol. The molecule has 3 heteroatoms. The van der Waals surface area contributed by atoms with Crippen molar-refractivity contribution in [2.75, 3.05) is 13.0 Å². The highest BCUT2D eigenvalue weighted by atomic mass is 35.5. The molecule has 0 aromatic heterocycles. The van der Waals surface area contributed by atoms with Gasteiger partial charge in [0.15, 0.2) is 8.32 Å². The summed E-state index contributed by atoms with van der Waals surface area (Å²) in [5, 5.41) is 0. The van der Waals surface area contributed by atoms with E-state index in [-0.39, 0.29) is 0 Å². The number of halogens is 1. The van der Waals surface area contributed by atoms with Crippen molar-refractivity contribution in [3.8, 4) is 0 Å². The predicted octanol–water partition coefficient (Wildman–Crippen LogP) is 3.49. The van der Waals surface area contributed by atoms with E-state index in [1.165, 1.54) is 12.5 Å². The fraction of sp³-hybridized carbons (Fsp3) is 1.00. The lowest BCUT2D eigenvalue weighted by molar-refractivity contribution is 0.390. The summed E-state index contributed by atoms with van der Waals surface area (Å²) >= 11 is 5.63. The molecular formula is C9H21ClOSi. The van der Waals surface area contributed by atoms with Crippen LogP contribution in [-0.2, 0) is 4.43 Å². The zero-order valence-corrected chi connectivity index (χ0v) is 10.4. The summed E-state index contributed by atoms with van der Waals surface area (Å²) in [7, 11) is 0.500. The first-order chi connectivity index (χ1) is 5.52. The SMILES string of the molecule is CO[Si](C)(C)CC(C)CCCCl. The van der Waals surface area contributed by atoms with Crippen LogP contribution in [-0.4, -0.2) is 21.3 Å². The molecule has 0 bridgehead atoms. The molecule has 0 saturated carbocycles. The van der Waals surface area contributed by atoms with Gasteiger partial charge in [0.1, 0.15) is 0 Å². The van der Waals surface area contributed by atoms with Crippen molar-refractivity contribution in [3.63, 3.8) is 0 Å². The Morgan fingerprint density at radius 3 is 2.42 bits per heavy atom. The Balaban J connectivity index is 3.60. The third kappa shape index (κ3) is 6.04. The third-order valence-corrected chi connectivity index (χ3v) is 5.28. The van der Waals surface area contributed by atoms with Gasteiger partial charge in [-0.1, -0.05) is 6.92 Å². The Bertz CT molecular complexity index is 117. The Kier molecular flexibility index (Phi) is 6.24. The zero-order chi connectivity index (χ0) is 9.61. The fourth-order valence-electron chi connectivity index (χ4n) is 1.45. The Labute approximate surface area is 82.6 Å². The molecule has 0 aromatic rings. The van der Waals surface area contributed by atoms with Gasteiger partial charge in [0.25, 0.3) is 0 Å². The second-order valence-corrected chi connectivity index (χ2v) is 8.82. The minimum absolute atomic E-state index is 0.769. The first-order valence-electron chi connectivity index (χ1n) is 4.63. The van der Waals surface area contributed by atoms with Crippen molar-refractivity contribution in [1.29, 1.82) is 0 Å². The molecule has 1 nitrogen and oxygen atoms in total. The molecule has 0 saturated heterocycles. The van der Waals surface area contributed by atoms with E-state index in [0.717, 1.165) is 18.2 Å². The van der Waals surface area contributed by atoms with Gasteiger partial charge in [-0.2, -0.15) is 0 Å². The van der Waals surface area contributed by atoms with Crippen molar-refractivity contribution in [1.82, 2.24) is 0 Å². The summed E-state index contributed by atoms with van der Waals surface area (Å²) in [5.74, 6) is 1.56. The molecular weight excluding hydrogens is 188 g/mol. The lowest BCUT2D eigenvalue weighted by atomic mass is 10.1. The van der Waals surface area contributed by atoms with Crippen LogP contribution in [0.4, 0.5) is 0 Å². The number of alkyl halides is 1. The van der Waals surface area contributed by atoms with E-state index in [9.17, 15) is 0 Å². The van der Waals surface area contributed by atoms with Gasteiger partial charge in [0.2, 0.25) is 0 Å². The summed E-state index contributed by atoms with van der Waals surface area (Å²) in [6.45, 7) is 6.83. The molecule has 0 aliphatic heterocycles.